The van der Waals surface area contributed by atoms with Gasteiger partial charge < -0.3 is 10.1 Å². The van der Waals surface area contributed by atoms with E-state index in [0.29, 0.717) is 29.1 Å². The van der Waals surface area contributed by atoms with Crippen LogP contribution in [0, 0.1) is 19.8 Å². The third-order valence-electron chi connectivity index (χ3n) is 8.83. The molecule has 3 heterocycles. The Balaban J connectivity index is 1.29. The highest BCUT2D eigenvalue weighted by Gasteiger charge is 2.49. The van der Waals surface area contributed by atoms with E-state index in [1.807, 2.05) is 19.1 Å². The SMILES string of the molecule is COc1ccc(N(C)S(=O)(=O)c2nc(C)sc2C)cc1CNC1C2CCN(C2)C1C(c1ccccc1)c1ccccc1. The molecule has 6 rings (SSSR count). The maximum absolute atomic E-state index is 13.5. The van der Waals surface area contributed by atoms with Gasteiger partial charge in [-0.05, 0) is 62.1 Å². The normalized spacial score (nSPS) is 21.6. The van der Waals surface area contributed by atoms with Crippen molar-refractivity contribution in [3.05, 3.63) is 105 Å². The molecule has 0 radical (unpaired) electrons. The van der Waals surface area contributed by atoms with E-state index in [1.165, 1.54) is 33.2 Å². The average molecular weight is 603 g/mol. The van der Waals surface area contributed by atoms with Crippen molar-refractivity contribution in [3.63, 3.8) is 0 Å². The first-order valence-electron chi connectivity index (χ1n) is 14.4. The maximum Gasteiger partial charge on any atom is 0.282 e. The van der Waals surface area contributed by atoms with E-state index >= 15 is 0 Å². The molecule has 4 aromatic rings. The largest absolute Gasteiger partial charge is 0.496 e. The van der Waals surface area contributed by atoms with Crippen LogP contribution in [0.3, 0.4) is 0 Å². The van der Waals surface area contributed by atoms with Crippen LogP contribution in [0.15, 0.2) is 83.9 Å². The van der Waals surface area contributed by atoms with E-state index in [1.54, 1.807) is 27.1 Å². The molecular formula is C33H38N4O3S2. The number of hydrogen-bond donors (Lipinski definition) is 1. The molecule has 0 amide bonds. The Morgan fingerprint density at radius 1 is 1.05 bits per heavy atom. The first-order chi connectivity index (χ1) is 20.3. The molecule has 3 aromatic carbocycles. The van der Waals surface area contributed by atoms with E-state index in [-0.39, 0.29) is 17.0 Å². The summed E-state index contributed by atoms with van der Waals surface area (Å²) in [6, 6.07) is 27.8. The van der Waals surface area contributed by atoms with Gasteiger partial charge in [-0.25, -0.2) is 4.98 Å². The Bertz CT molecular complexity index is 1600. The number of rotatable bonds is 10. The quantitative estimate of drug-likeness (QED) is 0.255. The summed E-state index contributed by atoms with van der Waals surface area (Å²) < 4.78 is 34.0. The lowest BCUT2D eigenvalue weighted by molar-refractivity contribution is 0.197. The van der Waals surface area contributed by atoms with Crippen molar-refractivity contribution in [1.82, 2.24) is 15.2 Å². The molecule has 220 valence electrons. The number of anilines is 1. The minimum absolute atomic E-state index is 0.120. The number of ether oxygens (including phenoxy) is 1. The summed E-state index contributed by atoms with van der Waals surface area (Å²) in [5, 5.41) is 4.78. The Hall–Kier alpha value is -3.24. The molecule has 2 saturated heterocycles. The third kappa shape index (κ3) is 5.35. The number of piperidine rings is 1. The molecule has 2 fully saturated rings. The van der Waals surface area contributed by atoms with Gasteiger partial charge in [-0.1, -0.05) is 60.7 Å². The van der Waals surface area contributed by atoms with Gasteiger partial charge in [0.2, 0.25) is 0 Å². The topological polar surface area (TPSA) is 74.8 Å². The molecule has 4 unspecified atom stereocenters. The number of thiazole rings is 1. The highest BCUT2D eigenvalue weighted by molar-refractivity contribution is 7.92. The predicted octanol–water partition coefficient (Wildman–Crippen LogP) is 5.59. The van der Waals surface area contributed by atoms with Crippen molar-refractivity contribution in [2.75, 3.05) is 31.6 Å². The van der Waals surface area contributed by atoms with E-state index in [2.05, 4.69) is 75.9 Å². The molecule has 1 N–H and O–H groups in total. The first kappa shape index (κ1) is 28.9. The van der Waals surface area contributed by atoms with Crippen molar-refractivity contribution in [2.24, 2.45) is 5.92 Å². The molecule has 7 nitrogen and oxygen atoms in total. The zero-order valence-electron chi connectivity index (χ0n) is 24.5. The molecule has 2 bridgehead atoms. The lowest BCUT2D eigenvalue weighted by Crippen LogP contribution is -2.51. The molecular weight excluding hydrogens is 565 g/mol. The van der Waals surface area contributed by atoms with Crippen LogP contribution in [0.5, 0.6) is 5.75 Å². The van der Waals surface area contributed by atoms with Crippen molar-refractivity contribution >= 4 is 27.0 Å². The number of nitrogens with zero attached hydrogens (tertiary/aromatic N) is 3. The monoisotopic (exact) mass is 602 g/mol. The fourth-order valence-electron chi connectivity index (χ4n) is 6.84. The van der Waals surface area contributed by atoms with Crippen LogP contribution in [0.25, 0.3) is 0 Å². The second-order valence-corrected chi connectivity index (χ2v) is 14.6. The highest BCUT2D eigenvalue weighted by Crippen LogP contribution is 2.43. The molecule has 4 atom stereocenters. The second kappa shape index (κ2) is 11.8. The van der Waals surface area contributed by atoms with Gasteiger partial charge in [0, 0.05) is 48.6 Å². The number of fused-ring (bicyclic) bond motifs is 2. The van der Waals surface area contributed by atoms with Crippen LogP contribution in [0.4, 0.5) is 5.69 Å². The van der Waals surface area contributed by atoms with E-state index < -0.39 is 10.0 Å². The Labute approximate surface area is 253 Å². The van der Waals surface area contributed by atoms with Gasteiger partial charge in [-0.15, -0.1) is 11.3 Å². The van der Waals surface area contributed by atoms with Crippen LogP contribution < -0.4 is 14.4 Å². The van der Waals surface area contributed by atoms with Gasteiger partial charge >= 0.3 is 0 Å². The number of nitrogens with one attached hydrogen (secondary N) is 1. The number of hydrogen-bond acceptors (Lipinski definition) is 7. The van der Waals surface area contributed by atoms with Crippen LogP contribution >= 0.6 is 11.3 Å². The minimum Gasteiger partial charge on any atom is -0.496 e. The first-order valence-corrected chi connectivity index (χ1v) is 16.7. The van der Waals surface area contributed by atoms with E-state index in [0.717, 1.165) is 29.4 Å². The second-order valence-electron chi connectivity index (χ2n) is 11.3. The molecule has 9 heteroatoms. The molecule has 0 spiro atoms. The van der Waals surface area contributed by atoms with Gasteiger partial charge in [-0.2, -0.15) is 8.42 Å². The maximum atomic E-state index is 13.5. The predicted molar refractivity (Wildman–Crippen MR) is 169 cm³/mol. The van der Waals surface area contributed by atoms with Gasteiger partial charge in [0.15, 0.2) is 5.03 Å². The number of aryl methyl sites for hydroxylation is 2. The molecule has 1 aromatic heterocycles. The molecule has 2 aliphatic heterocycles. The number of methoxy groups -OCH3 is 1. The molecule has 0 saturated carbocycles. The summed E-state index contributed by atoms with van der Waals surface area (Å²) in [5.74, 6) is 1.53. The summed E-state index contributed by atoms with van der Waals surface area (Å²) in [6.45, 7) is 6.40. The van der Waals surface area contributed by atoms with Gasteiger partial charge in [0.05, 0.1) is 17.8 Å². The summed E-state index contributed by atoms with van der Waals surface area (Å²) in [4.78, 5) is 7.66. The van der Waals surface area contributed by atoms with Gasteiger partial charge in [0.25, 0.3) is 10.0 Å². The van der Waals surface area contributed by atoms with E-state index in [4.69, 9.17) is 4.74 Å². The third-order valence-corrected chi connectivity index (χ3v) is 11.7. The van der Waals surface area contributed by atoms with Crippen LogP contribution in [0.2, 0.25) is 0 Å². The van der Waals surface area contributed by atoms with Crippen LogP contribution in [0.1, 0.15) is 38.9 Å². The lowest BCUT2D eigenvalue weighted by Gasteiger charge is -2.39. The highest BCUT2D eigenvalue weighted by atomic mass is 32.2. The van der Waals surface area contributed by atoms with Crippen molar-refractivity contribution < 1.29 is 13.2 Å². The Morgan fingerprint density at radius 3 is 2.31 bits per heavy atom. The average Bonchev–Trinajstić information content (AvgIpc) is 3.72. The fourth-order valence-corrected chi connectivity index (χ4v) is 9.32. The van der Waals surface area contributed by atoms with Gasteiger partial charge in [-0.3, -0.25) is 9.21 Å². The number of sulfonamides is 1. The smallest absolute Gasteiger partial charge is 0.282 e. The Kier molecular flexibility index (Phi) is 8.11. The zero-order valence-corrected chi connectivity index (χ0v) is 26.2. The van der Waals surface area contributed by atoms with Crippen molar-refractivity contribution in [2.45, 2.75) is 49.8 Å². The fraction of sp³-hybridized carbons (Fsp3) is 0.364. The van der Waals surface area contributed by atoms with Crippen LogP contribution in [-0.2, 0) is 16.6 Å². The molecule has 0 aliphatic carbocycles. The van der Waals surface area contributed by atoms with E-state index in [9.17, 15) is 8.42 Å². The molecule has 42 heavy (non-hydrogen) atoms. The summed E-state index contributed by atoms with van der Waals surface area (Å²) >= 11 is 1.39. The standard InChI is InChI=1S/C33H38N4O3S2/c1-22-33(35-23(2)41-22)42(38,39)36(3)28-15-16-29(40-4)27(19-28)20-34-31-26-17-18-37(21-26)32(31)30(24-11-7-5-8-12-24)25-13-9-6-10-14-25/h5-16,19,26,30-32,34H,17-18,20-21H2,1-4H3. The zero-order chi connectivity index (χ0) is 29.4. The lowest BCUT2D eigenvalue weighted by atomic mass is 9.78. The van der Waals surface area contributed by atoms with Crippen LogP contribution in [-0.4, -0.2) is 57.6 Å². The molecule has 2 aliphatic rings. The number of aromatic nitrogens is 1. The Morgan fingerprint density at radius 2 is 1.71 bits per heavy atom. The van der Waals surface area contributed by atoms with Crippen molar-refractivity contribution in [1.29, 1.82) is 0 Å². The minimum atomic E-state index is -3.79. The number of benzene rings is 3. The van der Waals surface area contributed by atoms with Crippen molar-refractivity contribution in [3.8, 4) is 5.75 Å². The van der Waals surface area contributed by atoms with Gasteiger partial charge in [0.1, 0.15) is 5.75 Å². The summed E-state index contributed by atoms with van der Waals surface area (Å²) in [5.41, 5.74) is 4.16. The summed E-state index contributed by atoms with van der Waals surface area (Å²) in [7, 11) is -0.543. The summed E-state index contributed by atoms with van der Waals surface area (Å²) in [6.07, 6.45) is 1.18.